The Morgan fingerprint density at radius 1 is 1.04 bits per heavy atom. The Morgan fingerprint density at radius 3 is 2.58 bits per heavy atom. The van der Waals surface area contributed by atoms with Gasteiger partial charge >= 0.3 is 6.18 Å². The SMILES string of the molecule is O=c1[nH]c(-c2ccccc2C(F)(F)F)cc2ccc(-n3cncn3)cc12. The smallest absolute Gasteiger partial charge is 0.321 e. The number of aromatic amines is 1. The van der Waals surface area contributed by atoms with Gasteiger partial charge in [0.05, 0.1) is 11.3 Å². The van der Waals surface area contributed by atoms with E-state index < -0.39 is 17.3 Å². The van der Waals surface area contributed by atoms with Crippen molar-refractivity contribution in [1.82, 2.24) is 19.7 Å². The van der Waals surface area contributed by atoms with Crippen molar-refractivity contribution in [2.75, 3.05) is 0 Å². The zero-order valence-corrected chi connectivity index (χ0v) is 13.2. The molecule has 0 saturated carbocycles. The summed E-state index contributed by atoms with van der Waals surface area (Å²) in [5.41, 5.74) is -0.599. The molecule has 0 aliphatic heterocycles. The molecule has 0 aliphatic rings. The Labute approximate surface area is 144 Å². The quantitative estimate of drug-likeness (QED) is 0.594. The summed E-state index contributed by atoms with van der Waals surface area (Å²) in [6.45, 7) is 0. The van der Waals surface area contributed by atoms with Crippen LogP contribution in [0.3, 0.4) is 0 Å². The van der Waals surface area contributed by atoms with Gasteiger partial charge in [-0.2, -0.15) is 18.3 Å². The van der Waals surface area contributed by atoms with Gasteiger partial charge < -0.3 is 4.98 Å². The number of nitrogens with one attached hydrogen (secondary N) is 1. The lowest BCUT2D eigenvalue weighted by molar-refractivity contribution is -0.137. The van der Waals surface area contributed by atoms with Crippen LogP contribution in [0.4, 0.5) is 13.2 Å². The zero-order valence-electron chi connectivity index (χ0n) is 13.2. The summed E-state index contributed by atoms with van der Waals surface area (Å²) in [7, 11) is 0. The average Bonchev–Trinajstić information content (AvgIpc) is 3.15. The van der Waals surface area contributed by atoms with E-state index in [1.165, 1.54) is 41.6 Å². The number of hydrogen-bond acceptors (Lipinski definition) is 3. The second-order valence-electron chi connectivity index (χ2n) is 5.67. The highest BCUT2D eigenvalue weighted by atomic mass is 19.4. The topological polar surface area (TPSA) is 63.6 Å². The molecule has 0 spiro atoms. The van der Waals surface area contributed by atoms with Gasteiger partial charge in [-0.15, -0.1) is 0 Å². The van der Waals surface area contributed by atoms with Gasteiger partial charge in [0, 0.05) is 16.6 Å². The summed E-state index contributed by atoms with van der Waals surface area (Å²) < 4.78 is 41.2. The molecule has 26 heavy (non-hydrogen) atoms. The van der Waals surface area contributed by atoms with Crippen LogP contribution < -0.4 is 5.56 Å². The van der Waals surface area contributed by atoms with E-state index in [9.17, 15) is 18.0 Å². The molecule has 1 N–H and O–H groups in total. The minimum atomic E-state index is -4.51. The molecule has 130 valence electrons. The molecule has 0 saturated heterocycles. The molecule has 2 aromatic heterocycles. The van der Waals surface area contributed by atoms with Gasteiger partial charge in [-0.1, -0.05) is 24.3 Å². The fourth-order valence-electron chi connectivity index (χ4n) is 2.84. The summed E-state index contributed by atoms with van der Waals surface area (Å²) in [5, 5.41) is 4.88. The molecule has 2 aromatic carbocycles. The molecule has 5 nitrogen and oxygen atoms in total. The van der Waals surface area contributed by atoms with Crippen molar-refractivity contribution < 1.29 is 13.2 Å². The normalized spacial score (nSPS) is 11.8. The number of pyridine rings is 1. The van der Waals surface area contributed by atoms with Crippen molar-refractivity contribution in [1.29, 1.82) is 0 Å². The van der Waals surface area contributed by atoms with Crippen LogP contribution in [-0.2, 0) is 6.18 Å². The Hall–Kier alpha value is -3.42. The summed E-state index contributed by atoms with van der Waals surface area (Å²) in [5.74, 6) is 0. The third-order valence-corrected chi connectivity index (χ3v) is 4.04. The van der Waals surface area contributed by atoms with E-state index in [-0.39, 0.29) is 11.3 Å². The summed E-state index contributed by atoms with van der Waals surface area (Å²) in [4.78, 5) is 18.9. The monoisotopic (exact) mass is 356 g/mol. The van der Waals surface area contributed by atoms with E-state index in [4.69, 9.17) is 0 Å². The lowest BCUT2D eigenvalue weighted by atomic mass is 10.0. The molecule has 0 amide bonds. The first-order chi connectivity index (χ1) is 12.4. The summed E-state index contributed by atoms with van der Waals surface area (Å²) in [6, 6.07) is 11.7. The standard InChI is InChI=1S/C18H11F3N4O/c19-18(20,21)15-4-2-1-3-13(15)16-7-11-5-6-12(25-10-22-9-23-25)8-14(11)17(26)24-16/h1-10H,(H,24,26). The van der Waals surface area contributed by atoms with Crippen molar-refractivity contribution in [3.8, 4) is 16.9 Å². The Morgan fingerprint density at radius 2 is 1.85 bits per heavy atom. The van der Waals surface area contributed by atoms with Gasteiger partial charge in [0.1, 0.15) is 12.7 Å². The molecule has 0 radical (unpaired) electrons. The van der Waals surface area contributed by atoms with E-state index in [2.05, 4.69) is 15.1 Å². The fourth-order valence-corrected chi connectivity index (χ4v) is 2.84. The van der Waals surface area contributed by atoms with Gasteiger partial charge in [-0.05, 0) is 29.7 Å². The third-order valence-electron chi connectivity index (χ3n) is 4.04. The number of halogens is 3. The summed E-state index contributed by atoms with van der Waals surface area (Å²) in [6.07, 6.45) is -1.66. The Kier molecular flexibility index (Phi) is 3.61. The van der Waals surface area contributed by atoms with Crippen LogP contribution >= 0.6 is 0 Å². The third kappa shape index (κ3) is 2.75. The molecule has 4 aromatic rings. The lowest BCUT2D eigenvalue weighted by Gasteiger charge is -2.13. The van der Waals surface area contributed by atoms with Crippen LogP contribution in [0.5, 0.6) is 0 Å². The molecule has 0 bridgehead atoms. The number of hydrogen-bond donors (Lipinski definition) is 1. The van der Waals surface area contributed by atoms with Crippen LogP contribution in [0.25, 0.3) is 27.7 Å². The van der Waals surface area contributed by atoms with Gasteiger partial charge in [0.15, 0.2) is 0 Å². The second kappa shape index (κ2) is 5.83. The molecular formula is C18H11F3N4O. The van der Waals surface area contributed by atoms with Crippen molar-refractivity contribution in [3.05, 3.63) is 77.1 Å². The Bertz CT molecular complexity index is 1150. The van der Waals surface area contributed by atoms with Crippen LogP contribution in [0, 0.1) is 0 Å². The van der Waals surface area contributed by atoms with E-state index in [1.54, 1.807) is 18.2 Å². The first kappa shape index (κ1) is 16.1. The maximum Gasteiger partial charge on any atom is 0.417 e. The average molecular weight is 356 g/mol. The molecule has 0 atom stereocenters. The number of aromatic nitrogens is 4. The molecule has 4 rings (SSSR count). The number of H-pyrrole nitrogens is 1. The first-order valence-corrected chi connectivity index (χ1v) is 7.62. The van der Waals surface area contributed by atoms with E-state index in [0.29, 0.717) is 16.5 Å². The van der Waals surface area contributed by atoms with Crippen molar-refractivity contribution in [2.24, 2.45) is 0 Å². The predicted octanol–water partition coefficient (Wildman–Crippen LogP) is 3.79. The summed E-state index contributed by atoms with van der Waals surface area (Å²) >= 11 is 0. The molecule has 8 heteroatoms. The van der Waals surface area contributed by atoms with Gasteiger partial charge in [0.25, 0.3) is 5.56 Å². The number of nitrogens with zero attached hydrogens (tertiary/aromatic N) is 3. The van der Waals surface area contributed by atoms with E-state index >= 15 is 0 Å². The maximum absolute atomic E-state index is 13.3. The predicted molar refractivity (Wildman–Crippen MR) is 89.9 cm³/mol. The molecule has 0 aliphatic carbocycles. The highest BCUT2D eigenvalue weighted by molar-refractivity contribution is 5.87. The fraction of sp³-hybridized carbons (Fsp3) is 0.0556. The molecule has 0 fully saturated rings. The van der Waals surface area contributed by atoms with Crippen LogP contribution in [-0.4, -0.2) is 19.7 Å². The largest absolute Gasteiger partial charge is 0.417 e. The maximum atomic E-state index is 13.3. The minimum Gasteiger partial charge on any atom is -0.321 e. The van der Waals surface area contributed by atoms with E-state index in [0.717, 1.165) is 6.07 Å². The van der Waals surface area contributed by atoms with Crippen LogP contribution in [0.2, 0.25) is 0 Å². The first-order valence-electron chi connectivity index (χ1n) is 7.62. The number of alkyl halides is 3. The Balaban J connectivity index is 1.90. The van der Waals surface area contributed by atoms with Gasteiger partial charge in [-0.3, -0.25) is 4.79 Å². The molecular weight excluding hydrogens is 345 g/mol. The van der Waals surface area contributed by atoms with Crippen LogP contribution in [0.15, 0.2) is 66.0 Å². The van der Waals surface area contributed by atoms with E-state index in [1.807, 2.05) is 0 Å². The molecule has 0 unspecified atom stereocenters. The van der Waals surface area contributed by atoms with Gasteiger partial charge in [-0.25, -0.2) is 9.67 Å². The highest BCUT2D eigenvalue weighted by Crippen LogP contribution is 2.36. The molecule has 2 heterocycles. The lowest BCUT2D eigenvalue weighted by Crippen LogP contribution is -2.11. The van der Waals surface area contributed by atoms with Crippen molar-refractivity contribution >= 4 is 10.8 Å². The number of benzene rings is 2. The van der Waals surface area contributed by atoms with Gasteiger partial charge in [0.2, 0.25) is 0 Å². The number of fused-ring (bicyclic) bond motifs is 1. The zero-order chi connectivity index (χ0) is 18.3. The second-order valence-corrected chi connectivity index (χ2v) is 5.67. The number of rotatable bonds is 2. The van der Waals surface area contributed by atoms with Crippen molar-refractivity contribution in [2.45, 2.75) is 6.18 Å². The minimum absolute atomic E-state index is 0.0700. The van der Waals surface area contributed by atoms with Crippen molar-refractivity contribution in [3.63, 3.8) is 0 Å². The van der Waals surface area contributed by atoms with Crippen LogP contribution in [0.1, 0.15) is 5.56 Å². The highest BCUT2D eigenvalue weighted by Gasteiger charge is 2.33.